The SMILES string of the molecule is CC1(C)c2ccccc2-c2ccc(-c3ccc4c(c3)c3cc(-c5ccc6c(c5)C(C)(C)c5ccccc5-6)cc5c3n4S(=O)(=O)c3ccccc3-5)cc21. The number of hydrogen-bond acceptors (Lipinski definition) is 2. The van der Waals surface area contributed by atoms with Crippen molar-refractivity contribution in [3.8, 4) is 55.6 Å². The second-order valence-electron chi connectivity index (χ2n) is 15.8. The number of benzene rings is 7. The average Bonchev–Trinajstić information content (AvgIpc) is 3.71. The van der Waals surface area contributed by atoms with Gasteiger partial charge in [0.1, 0.15) is 0 Å². The van der Waals surface area contributed by atoms with E-state index in [-0.39, 0.29) is 10.8 Å². The number of nitrogens with zero attached hydrogens (tertiary/aromatic N) is 1. The summed E-state index contributed by atoms with van der Waals surface area (Å²) < 4.78 is 30.5. The van der Waals surface area contributed by atoms with Crippen LogP contribution in [0.25, 0.3) is 77.4 Å². The summed E-state index contributed by atoms with van der Waals surface area (Å²) in [6, 6.07) is 49.2. The molecule has 250 valence electrons. The Morgan fingerprint density at radius 2 is 0.904 bits per heavy atom. The molecule has 2 heterocycles. The lowest BCUT2D eigenvalue weighted by Crippen LogP contribution is -2.17. The van der Waals surface area contributed by atoms with Gasteiger partial charge in [0.2, 0.25) is 0 Å². The lowest BCUT2D eigenvalue weighted by Gasteiger charge is -2.23. The lowest BCUT2D eigenvalue weighted by atomic mass is 9.81. The van der Waals surface area contributed by atoms with Crippen LogP contribution in [-0.2, 0) is 20.9 Å². The molecule has 8 aromatic rings. The Bertz CT molecular complexity index is 3030. The zero-order valence-corrected chi connectivity index (χ0v) is 30.3. The van der Waals surface area contributed by atoms with E-state index in [1.165, 1.54) is 44.5 Å². The molecule has 0 spiro atoms. The largest absolute Gasteiger partial charge is 0.269 e. The Labute approximate surface area is 303 Å². The Hall–Kier alpha value is -5.71. The zero-order valence-electron chi connectivity index (χ0n) is 29.5. The molecule has 0 saturated heterocycles. The molecule has 3 nitrogen and oxygen atoms in total. The van der Waals surface area contributed by atoms with Crippen molar-refractivity contribution in [1.29, 1.82) is 0 Å². The maximum absolute atomic E-state index is 14.4. The number of rotatable bonds is 2. The molecule has 0 radical (unpaired) electrons. The molecule has 0 saturated carbocycles. The summed E-state index contributed by atoms with van der Waals surface area (Å²) in [5.74, 6) is 0. The van der Waals surface area contributed by atoms with E-state index in [2.05, 4.69) is 137 Å². The first-order valence-corrected chi connectivity index (χ1v) is 19.5. The van der Waals surface area contributed by atoms with Crippen LogP contribution in [0.3, 0.4) is 0 Å². The number of fused-ring (bicyclic) bond motifs is 11. The number of hydrogen-bond donors (Lipinski definition) is 0. The van der Waals surface area contributed by atoms with E-state index < -0.39 is 10.0 Å². The van der Waals surface area contributed by atoms with E-state index in [4.69, 9.17) is 0 Å². The number of aromatic nitrogens is 1. The van der Waals surface area contributed by atoms with E-state index in [0.29, 0.717) is 10.4 Å². The molecule has 4 heteroatoms. The van der Waals surface area contributed by atoms with Crippen LogP contribution in [0.15, 0.2) is 144 Å². The maximum atomic E-state index is 14.4. The molecule has 1 aromatic heterocycles. The van der Waals surface area contributed by atoms with Crippen LogP contribution in [0.1, 0.15) is 49.9 Å². The molecule has 0 bridgehead atoms. The van der Waals surface area contributed by atoms with E-state index in [9.17, 15) is 8.42 Å². The Balaban J connectivity index is 1.16. The molecule has 2 aliphatic carbocycles. The van der Waals surface area contributed by atoms with Crippen LogP contribution < -0.4 is 0 Å². The summed E-state index contributed by atoms with van der Waals surface area (Å²) in [5.41, 5.74) is 17.8. The summed E-state index contributed by atoms with van der Waals surface area (Å²) in [6.07, 6.45) is 0. The monoisotopic (exact) mass is 689 g/mol. The second-order valence-corrected chi connectivity index (χ2v) is 17.5. The fourth-order valence-corrected chi connectivity index (χ4v) is 11.4. The van der Waals surface area contributed by atoms with Crippen molar-refractivity contribution in [1.82, 2.24) is 3.97 Å². The van der Waals surface area contributed by atoms with E-state index in [1.54, 1.807) is 10.0 Å². The van der Waals surface area contributed by atoms with Crippen LogP contribution in [0.4, 0.5) is 0 Å². The van der Waals surface area contributed by atoms with Gasteiger partial charge in [-0.3, -0.25) is 0 Å². The standard InChI is InChI=1S/C48H35NO2S/c1-47(2)40-14-8-5-11-32(40)34-20-17-29(26-42(34)47)28-19-22-44-37(23-28)39-25-31(24-38-36-13-7-10-16-45(36)52(50,51)49(44)46(38)39)30-18-21-35-33-12-6-9-15-41(33)48(3,4)43(35)27-30/h5-27H,1-4H3. The predicted molar refractivity (Wildman–Crippen MR) is 213 cm³/mol. The van der Waals surface area contributed by atoms with Crippen molar-refractivity contribution in [2.24, 2.45) is 0 Å². The van der Waals surface area contributed by atoms with Crippen LogP contribution in [-0.4, -0.2) is 12.4 Å². The Morgan fingerprint density at radius 3 is 1.54 bits per heavy atom. The Morgan fingerprint density at radius 1 is 0.423 bits per heavy atom. The summed E-state index contributed by atoms with van der Waals surface area (Å²) in [4.78, 5) is 0.341. The van der Waals surface area contributed by atoms with Gasteiger partial charge < -0.3 is 0 Å². The minimum atomic E-state index is -3.84. The highest BCUT2D eigenvalue weighted by atomic mass is 32.2. The molecule has 52 heavy (non-hydrogen) atoms. The summed E-state index contributed by atoms with van der Waals surface area (Å²) in [6.45, 7) is 9.23. The molecule has 0 unspecified atom stereocenters. The predicted octanol–water partition coefficient (Wildman–Crippen LogP) is 12.0. The summed E-state index contributed by atoms with van der Waals surface area (Å²) in [5, 5.41) is 1.88. The first-order chi connectivity index (χ1) is 25.0. The van der Waals surface area contributed by atoms with Gasteiger partial charge in [-0.15, -0.1) is 0 Å². The van der Waals surface area contributed by atoms with Gasteiger partial charge in [-0.25, -0.2) is 12.4 Å². The quantitative estimate of drug-likeness (QED) is 0.181. The smallest absolute Gasteiger partial charge is 0.233 e. The highest BCUT2D eigenvalue weighted by Gasteiger charge is 2.38. The summed E-state index contributed by atoms with van der Waals surface area (Å²) in [7, 11) is -3.84. The average molecular weight is 690 g/mol. The van der Waals surface area contributed by atoms with Gasteiger partial charge in [-0.1, -0.05) is 125 Å². The normalized spacial score (nSPS) is 16.3. The third kappa shape index (κ3) is 3.67. The molecule has 7 aromatic carbocycles. The van der Waals surface area contributed by atoms with Gasteiger partial charge >= 0.3 is 0 Å². The van der Waals surface area contributed by atoms with Gasteiger partial charge in [0.15, 0.2) is 0 Å². The van der Waals surface area contributed by atoms with Crippen LogP contribution in [0.2, 0.25) is 0 Å². The van der Waals surface area contributed by atoms with Crippen molar-refractivity contribution < 1.29 is 8.42 Å². The molecular formula is C48H35NO2S. The van der Waals surface area contributed by atoms with Gasteiger partial charge in [0, 0.05) is 32.7 Å². The molecule has 11 rings (SSSR count). The molecule has 0 atom stereocenters. The minimum Gasteiger partial charge on any atom is -0.233 e. The highest BCUT2D eigenvalue weighted by Crippen LogP contribution is 2.52. The van der Waals surface area contributed by atoms with E-state index in [1.807, 2.05) is 24.3 Å². The minimum absolute atomic E-state index is 0.115. The van der Waals surface area contributed by atoms with E-state index >= 15 is 0 Å². The zero-order chi connectivity index (χ0) is 35.3. The van der Waals surface area contributed by atoms with Crippen molar-refractivity contribution >= 4 is 31.8 Å². The summed E-state index contributed by atoms with van der Waals surface area (Å²) >= 11 is 0. The van der Waals surface area contributed by atoms with E-state index in [0.717, 1.165) is 49.7 Å². The molecular weight excluding hydrogens is 655 g/mol. The molecule has 1 aliphatic heterocycles. The van der Waals surface area contributed by atoms with Crippen molar-refractivity contribution in [3.05, 3.63) is 162 Å². The first kappa shape index (κ1) is 30.0. The van der Waals surface area contributed by atoms with Crippen molar-refractivity contribution in [2.45, 2.75) is 43.4 Å². The lowest BCUT2D eigenvalue weighted by molar-refractivity contribution is 0.590. The van der Waals surface area contributed by atoms with Crippen LogP contribution in [0.5, 0.6) is 0 Å². The third-order valence-corrected chi connectivity index (χ3v) is 14.1. The molecule has 0 amide bonds. The molecule has 0 fully saturated rings. The van der Waals surface area contributed by atoms with Crippen molar-refractivity contribution in [3.63, 3.8) is 0 Å². The third-order valence-electron chi connectivity index (χ3n) is 12.3. The van der Waals surface area contributed by atoms with Crippen LogP contribution >= 0.6 is 0 Å². The molecule has 3 aliphatic rings. The first-order valence-electron chi connectivity index (χ1n) is 18.0. The van der Waals surface area contributed by atoms with Gasteiger partial charge in [0.25, 0.3) is 10.0 Å². The topological polar surface area (TPSA) is 39.1 Å². The van der Waals surface area contributed by atoms with Gasteiger partial charge in [-0.2, -0.15) is 0 Å². The highest BCUT2D eigenvalue weighted by molar-refractivity contribution is 7.90. The van der Waals surface area contributed by atoms with Gasteiger partial charge in [0.05, 0.1) is 15.9 Å². The maximum Gasteiger partial charge on any atom is 0.269 e. The van der Waals surface area contributed by atoms with Gasteiger partial charge in [-0.05, 0) is 109 Å². The van der Waals surface area contributed by atoms with Crippen LogP contribution in [0, 0.1) is 0 Å². The second kappa shape index (κ2) is 9.78. The Kier molecular flexibility index (Phi) is 5.64. The fraction of sp³-hybridized carbons (Fsp3) is 0.125. The van der Waals surface area contributed by atoms with Crippen molar-refractivity contribution in [2.75, 3.05) is 0 Å². The molecule has 0 N–H and O–H groups in total. The fourth-order valence-electron chi connectivity index (χ4n) is 9.69.